The number of carbonyl (C=O) groups is 2. The van der Waals surface area contributed by atoms with E-state index < -0.39 is 12.0 Å². The third-order valence-electron chi connectivity index (χ3n) is 4.78. The van der Waals surface area contributed by atoms with E-state index in [0.29, 0.717) is 17.2 Å². The first kappa shape index (κ1) is 17.3. The first-order chi connectivity index (χ1) is 11.0. The van der Waals surface area contributed by atoms with E-state index in [1.165, 1.54) is 0 Å². The summed E-state index contributed by atoms with van der Waals surface area (Å²) in [5.74, 6) is 0.0874. The lowest BCUT2D eigenvalue weighted by Crippen LogP contribution is -2.39. The van der Waals surface area contributed by atoms with Gasteiger partial charge in [-0.2, -0.15) is 0 Å². The molecule has 5 nitrogen and oxygen atoms in total. The molecule has 1 aromatic carbocycles. The van der Waals surface area contributed by atoms with Crippen molar-refractivity contribution in [1.29, 1.82) is 0 Å². The molecule has 23 heavy (non-hydrogen) atoms. The number of nitrogens with one attached hydrogen (secondary N) is 1. The molecule has 0 spiro atoms. The SMILES string of the molecule is CCC1CCC(C(=O)NC(C(=O)O)c2ccc(OC)cc2)CC1. The van der Waals surface area contributed by atoms with Crippen LogP contribution in [0.25, 0.3) is 0 Å². The molecular formula is C18H25NO4. The number of hydrogen-bond acceptors (Lipinski definition) is 3. The first-order valence-corrected chi connectivity index (χ1v) is 8.22. The van der Waals surface area contributed by atoms with Crippen LogP contribution in [0.4, 0.5) is 0 Å². The predicted octanol–water partition coefficient (Wildman–Crippen LogP) is 3.15. The number of aliphatic carboxylic acids is 1. The van der Waals surface area contributed by atoms with Crippen molar-refractivity contribution in [3.05, 3.63) is 29.8 Å². The van der Waals surface area contributed by atoms with Crippen molar-refractivity contribution in [2.45, 2.75) is 45.1 Å². The van der Waals surface area contributed by atoms with Crippen molar-refractivity contribution in [2.75, 3.05) is 7.11 Å². The second kappa shape index (κ2) is 7.99. The Morgan fingerprint density at radius 1 is 1.22 bits per heavy atom. The quantitative estimate of drug-likeness (QED) is 0.844. The normalized spacial score (nSPS) is 22.2. The van der Waals surface area contributed by atoms with Gasteiger partial charge < -0.3 is 15.2 Å². The van der Waals surface area contributed by atoms with E-state index in [0.717, 1.165) is 32.1 Å². The van der Waals surface area contributed by atoms with Gasteiger partial charge in [0, 0.05) is 5.92 Å². The fraction of sp³-hybridized carbons (Fsp3) is 0.556. The van der Waals surface area contributed by atoms with Crippen LogP contribution in [0.3, 0.4) is 0 Å². The van der Waals surface area contributed by atoms with Crippen molar-refractivity contribution >= 4 is 11.9 Å². The molecule has 5 heteroatoms. The van der Waals surface area contributed by atoms with Crippen LogP contribution in [0.15, 0.2) is 24.3 Å². The number of carboxylic acids is 1. The van der Waals surface area contributed by atoms with Crippen molar-refractivity contribution in [2.24, 2.45) is 11.8 Å². The number of methoxy groups -OCH3 is 1. The van der Waals surface area contributed by atoms with E-state index >= 15 is 0 Å². The minimum Gasteiger partial charge on any atom is -0.497 e. The Kier molecular flexibility index (Phi) is 6.02. The number of rotatable bonds is 6. The fourth-order valence-electron chi connectivity index (χ4n) is 3.18. The summed E-state index contributed by atoms with van der Waals surface area (Å²) < 4.78 is 5.07. The third kappa shape index (κ3) is 4.47. The van der Waals surface area contributed by atoms with Crippen LogP contribution in [0.5, 0.6) is 5.75 Å². The summed E-state index contributed by atoms with van der Waals surface area (Å²) in [5.41, 5.74) is 0.550. The van der Waals surface area contributed by atoms with Gasteiger partial charge in [-0.1, -0.05) is 25.5 Å². The number of carboxylic acid groups (broad SMARTS) is 1. The van der Waals surface area contributed by atoms with Crippen molar-refractivity contribution in [3.8, 4) is 5.75 Å². The van der Waals surface area contributed by atoms with Gasteiger partial charge in [-0.25, -0.2) is 4.79 Å². The maximum Gasteiger partial charge on any atom is 0.330 e. The Morgan fingerprint density at radius 2 is 1.83 bits per heavy atom. The van der Waals surface area contributed by atoms with Crippen molar-refractivity contribution in [3.63, 3.8) is 0 Å². The number of benzene rings is 1. The highest BCUT2D eigenvalue weighted by molar-refractivity contribution is 5.85. The molecule has 1 amide bonds. The Balaban J connectivity index is 2.01. The van der Waals surface area contributed by atoms with Crippen LogP contribution in [0.1, 0.15) is 50.6 Å². The molecule has 2 rings (SSSR count). The molecule has 2 N–H and O–H groups in total. The fourth-order valence-corrected chi connectivity index (χ4v) is 3.18. The van der Waals surface area contributed by atoms with E-state index in [2.05, 4.69) is 12.2 Å². The Bertz CT molecular complexity index is 532. The van der Waals surface area contributed by atoms with Gasteiger partial charge in [0.2, 0.25) is 5.91 Å². The lowest BCUT2D eigenvalue weighted by molar-refractivity contribution is -0.143. The van der Waals surface area contributed by atoms with Gasteiger partial charge in [-0.05, 0) is 49.3 Å². The second-order valence-corrected chi connectivity index (χ2v) is 6.18. The molecule has 0 heterocycles. The van der Waals surface area contributed by atoms with Crippen LogP contribution in [-0.2, 0) is 9.59 Å². The summed E-state index contributed by atoms with van der Waals surface area (Å²) in [5, 5.41) is 12.1. The molecule has 1 unspecified atom stereocenters. The molecule has 126 valence electrons. The summed E-state index contributed by atoms with van der Waals surface area (Å²) in [4.78, 5) is 23.9. The van der Waals surface area contributed by atoms with E-state index in [1.807, 2.05) is 0 Å². The highest BCUT2D eigenvalue weighted by atomic mass is 16.5. The van der Waals surface area contributed by atoms with Gasteiger partial charge in [0.25, 0.3) is 0 Å². The first-order valence-electron chi connectivity index (χ1n) is 8.22. The average molecular weight is 319 g/mol. The molecule has 0 bridgehead atoms. The summed E-state index contributed by atoms with van der Waals surface area (Å²) in [6, 6.07) is 5.73. The minimum atomic E-state index is -1.05. The number of hydrogen-bond donors (Lipinski definition) is 2. The van der Waals surface area contributed by atoms with Crippen LogP contribution in [0, 0.1) is 11.8 Å². The van der Waals surface area contributed by atoms with E-state index in [1.54, 1.807) is 31.4 Å². The van der Waals surface area contributed by atoms with Gasteiger partial charge in [0.05, 0.1) is 7.11 Å². The average Bonchev–Trinajstić information content (AvgIpc) is 2.59. The van der Waals surface area contributed by atoms with Crippen LogP contribution in [0.2, 0.25) is 0 Å². The molecule has 1 aromatic rings. The summed E-state index contributed by atoms with van der Waals surface area (Å²) in [6.07, 6.45) is 4.94. The molecule has 1 aliphatic rings. The Morgan fingerprint density at radius 3 is 2.30 bits per heavy atom. The second-order valence-electron chi connectivity index (χ2n) is 6.18. The molecule has 1 saturated carbocycles. The van der Waals surface area contributed by atoms with E-state index in [4.69, 9.17) is 4.74 Å². The van der Waals surface area contributed by atoms with Crippen molar-refractivity contribution in [1.82, 2.24) is 5.32 Å². The number of carbonyl (C=O) groups excluding carboxylic acids is 1. The molecule has 0 aliphatic heterocycles. The van der Waals surface area contributed by atoms with Gasteiger partial charge >= 0.3 is 5.97 Å². The monoisotopic (exact) mass is 319 g/mol. The van der Waals surface area contributed by atoms with Gasteiger partial charge in [0.15, 0.2) is 6.04 Å². The highest BCUT2D eigenvalue weighted by Crippen LogP contribution is 2.31. The zero-order valence-corrected chi connectivity index (χ0v) is 13.7. The summed E-state index contributed by atoms with van der Waals surface area (Å²) in [6.45, 7) is 2.18. The molecule has 1 atom stereocenters. The summed E-state index contributed by atoms with van der Waals surface area (Å²) in [7, 11) is 1.55. The standard InChI is InChI=1S/C18H25NO4/c1-3-12-4-6-14(7-5-12)17(20)19-16(18(21)22)13-8-10-15(23-2)11-9-13/h8-12,14,16H,3-7H2,1-2H3,(H,19,20)(H,21,22). The van der Waals surface area contributed by atoms with E-state index in [-0.39, 0.29) is 11.8 Å². The molecule has 0 radical (unpaired) electrons. The van der Waals surface area contributed by atoms with E-state index in [9.17, 15) is 14.7 Å². The van der Waals surface area contributed by atoms with Gasteiger partial charge in [-0.3, -0.25) is 4.79 Å². The topological polar surface area (TPSA) is 75.6 Å². The maximum absolute atomic E-state index is 12.4. The Hall–Kier alpha value is -2.04. The smallest absolute Gasteiger partial charge is 0.330 e. The van der Waals surface area contributed by atoms with Crippen molar-refractivity contribution < 1.29 is 19.4 Å². The summed E-state index contributed by atoms with van der Waals surface area (Å²) >= 11 is 0. The van der Waals surface area contributed by atoms with Gasteiger partial charge in [0.1, 0.15) is 5.75 Å². The molecule has 1 aliphatic carbocycles. The third-order valence-corrected chi connectivity index (χ3v) is 4.78. The molecule has 0 aromatic heterocycles. The zero-order valence-electron chi connectivity index (χ0n) is 13.7. The Labute approximate surface area is 137 Å². The largest absolute Gasteiger partial charge is 0.497 e. The molecular weight excluding hydrogens is 294 g/mol. The number of ether oxygens (including phenoxy) is 1. The zero-order chi connectivity index (χ0) is 16.8. The van der Waals surface area contributed by atoms with Crippen LogP contribution >= 0.6 is 0 Å². The van der Waals surface area contributed by atoms with Crippen LogP contribution in [-0.4, -0.2) is 24.1 Å². The molecule has 0 saturated heterocycles. The predicted molar refractivity (Wildman–Crippen MR) is 87.3 cm³/mol. The minimum absolute atomic E-state index is 0.0714. The lowest BCUT2D eigenvalue weighted by atomic mass is 9.80. The number of amides is 1. The lowest BCUT2D eigenvalue weighted by Gasteiger charge is -2.28. The van der Waals surface area contributed by atoms with Crippen LogP contribution < -0.4 is 10.1 Å². The van der Waals surface area contributed by atoms with Gasteiger partial charge in [-0.15, -0.1) is 0 Å². The maximum atomic E-state index is 12.4. The highest BCUT2D eigenvalue weighted by Gasteiger charge is 2.29. The molecule has 1 fully saturated rings.